The van der Waals surface area contributed by atoms with E-state index in [1.807, 2.05) is 24.3 Å². The van der Waals surface area contributed by atoms with E-state index in [1.54, 1.807) is 0 Å². The van der Waals surface area contributed by atoms with Crippen molar-refractivity contribution in [2.24, 2.45) is 0 Å². The second kappa shape index (κ2) is 5.09. The SMILES string of the molecule is O=C1CN(Cc2ccc(CO)cc2)CCN1. The minimum atomic E-state index is 0.0758. The number of carbonyl (C=O) groups excluding carboxylic acids is 1. The van der Waals surface area contributed by atoms with Gasteiger partial charge in [0.25, 0.3) is 0 Å². The normalized spacial score (nSPS) is 17.2. The first-order valence-corrected chi connectivity index (χ1v) is 5.45. The number of hydrogen-bond donors (Lipinski definition) is 2. The van der Waals surface area contributed by atoms with Gasteiger partial charge in [-0.15, -0.1) is 0 Å². The average Bonchev–Trinajstić information content (AvgIpc) is 2.30. The van der Waals surface area contributed by atoms with Crippen molar-refractivity contribution < 1.29 is 9.90 Å². The zero-order valence-corrected chi connectivity index (χ0v) is 9.15. The number of benzene rings is 1. The number of carbonyl (C=O) groups is 1. The highest BCUT2D eigenvalue weighted by Crippen LogP contribution is 2.08. The molecule has 1 aliphatic rings. The number of aliphatic hydroxyl groups is 1. The van der Waals surface area contributed by atoms with Gasteiger partial charge in [0.15, 0.2) is 0 Å². The third kappa shape index (κ3) is 2.81. The molecule has 1 saturated heterocycles. The van der Waals surface area contributed by atoms with Crippen molar-refractivity contribution in [3.8, 4) is 0 Å². The summed E-state index contributed by atoms with van der Waals surface area (Å²) in [4.78, 5) is 13.3. The van der Waals surface area contributed by atoms with Gasteiger partial charge in [-0.05, 0) is 11.1 Å². The maximum absolute atomic E-state index is 11.2. The fourth-order valence-corrected chi connectivity index (χ4v) is 1.83. The topological polar surface area (TPSA) is 52.6 Å². The number of amides is 1. The predicted octanol–water partition coefficient (Wildman–Crippen LogP) is 0.111. The van der Waals surface area contributed by atoms with Crippen LogP contribution in [0, 0.1) is 0 Å². The van der Waals surface area contributed by atoms with E-state index in [9.17, 15) is 4.79 Å². The summed E-state index contributed by atoms with van der Waals surface area (Å²) in [5, 5.41) is 11.7. The Labute approximate surface area is 94.9 Å². The molecule has 0 aromatic heterocycles. The highest BCUT2D eigenvalue weighted by atomic mass is 16.3. The van der Waals surface area contributed by atoms with Gasteiger partial charge in [0.05, 0.1) is 13.2 Å². The smallest absolute Gasteiger partial charge is 0.234 e. The van der Waals surface area contributed by atoms with Crippen molar-refractivity contribution in [1.29, 1.82) is 0 Å². The Morgan fingerprint density at radius 3 is 2.56 bits per heavy atom. The lowest BCUT2D eigenvalue weighted by Crippen LogP contribution is -2.47. The molecule has 1 aromatic carbocycles. The van der Waals surface area contributed by atoms with Crippen molar-refractivity contribution in [2.75, 3.05) is 19.6 Å². The fraction of sp³-hybridized carbons (Fsp3) is 0.417. The monoisotopic (exact) mass is 220 g/mol. The Kier molecular flexibility index (Phi) is 3.54. The molecule has 0 saturated carbocycles. The van der Waals surface area contributed by atoms with E-state index in [4.69, 9.17) is 5.11 Å². The molecule has 2 rings (SSSR count). The Morgan fingerprint density at radius 1 is 1.25 bits per heavy atom. The van der Waals surface area contributed by atoms with Crippen LogP contribution >= 0.6 is 0 Å². The first kappa shape index (κ1) is 11.1. The molecule has 4 heteroatoms. The zero-order valence-electron chi connectivity index (χ0n) is 9.15. The van der Waals surface area contributed by atoms with Crippen LogP contribution < -0.4 is 5.32 Å². The van der Waals surface area contributed by atoms with Gasteiger partial charge < -0.3 is 10.4 Å². The Hall–Kier alpha value is -1.39. The van der Waals surface area contributed by atoms with Crippen molar-refractivity contribution in [3.05, 3.63) is 35.4 Å². The molecule has 2 N–H and O–H groups in total. The third-order valence-electron chi connectivity index (χ3n) is 2.73. The molecule has 0 aliphatic carbocycles. The third-order valence-corrected chi connectivity index (χ3v) is 2.73. The number of nitrogens with zero attached hydrogens (tertiary/aromatic N) is 1. The molecule has 0 spiro atoms. The molecule has 1 aliphatic heterocycles. The van der Waals surface area contributed by atoms with Gasteiger partial charge in [0.2, 0.25) is 5.91 Å². The molecule has 0 bridgehead atoms. The summed E-state index contributed by atoms with van der Waals surface area (Å²) in [6, 6.07) is 7.83. The van der Waals surface area contributed by atoms with E-state index >= 15 is 0 Å². The van der Waals surface area contributed by atoms with Gasteiger partial charge >= 0.3 is 0 Å². The minimum Gasteiger partial charge on any atom is -0.392 e. The van der Waals surface area contributed by atoms with Gasteiger partial charge in [0, 0.05) is 19.6 Å². The molecule has 0 unspecified atom stereocenters. The highest BCUT2D eigenvalue weighted by Gasteiger charge is 2.15. The summed E-state index contributed by atoms with van der Waals surface area (Å²) >= 11 is 0. The summed E-state index contributed by atoms with van der Waals surface area (Å²) < 4.78 is 0. The number of rotatable bonds is 3. The minimum absolute atomic E-state index is 0.0758. The van der Waals surface area contributed by atoms with Crippen LogP contribution in [0.15, 0.2) is 24.3 Å². The first-order chi connectivity index (χ1) is 7.78. The van der Waals surface area contributed by atoms with E-state index in [0.717, 1.165) is 25.2 Å². The molecule has 16 heavy (non-hydrogen) atoms. The number of piperazine rings is 1. The summed E-state index contributed by atoms with van der Waals surface area (Å²) in [6.45, 7) is 2.97. The maximum atomic E-state index is 11.2. The van der Waals surface area contributed by atoms with E-state index in [2.05, 4.69) is 10.2 Å². The molecular weight excluding hydrogens is 204 g/mol. The van der Waals surface area contributed by atoms with E-state index in [1.165, 1.54) is 5.56 Å². The molecule has 0 atom stereocenters. The molecule has 0 radical (unpaired) electrons. The highest BCUT2D eigenvalue weighted by molar-refractivity contribution is 5.78. The lowest BCUT2D eigenvalue weighted by Gasteiger charge is -2.26. The second-order valence-corrected chi connectivity index (χ2v) is 4.04. The Balaban J connectivity index is 1.94. The predicted molar refractivity (Wildman–Crippen MR) is 60.7 cm³/mol. The van der Waals surface area contributed by atoms with Crippen LogP contribution in [-0.2, 0) is 17.9 Å². The van der Waals surface area contributed by atoms with Crippen molar-refractivity contribution in [1.82, 2.24) is 10.2 Å². The quantitative estimate of drug-likeness (QED) is 0.760. The van der Waals surface area contributed by atoms with Crippen molar-refractivity contribution in [3.63, 3.8) is 0 Å². The standard InChI is InChI=1S/C12H16N2O2/c15-9-11-3-1-10(2-4-11)7-14-6-5-13-12(16)8-14/h1-4,15H,5-9H2,(H,13,16). The van der Waals surface area contributed by atoms with Gasteiger partial charge in [-0.1, -0.05) is 24.3 Å². The molecule has 1 amide bonds. The Morgan fingerprint density at radius 2 is 1.94 bits per heavy atom. The van der Waals surface area contributed by atoms with Gasteiger partial charge in [-0.25, -0.2) is 0 Å². The van der Waals surface area contributed by atoms with Crippen LogP contribution in [0.4, 0.5) is 0 Å². The van der Waals surface area contributed by atoms with Gasteiger partial charge in [0.1, 0.15) is 0 Å². The summed E-state index contributed by atoms with van der Waals surface area (Å²) in [6.07, 6.45) is 0. The Bertz CT molecular complexity index is 362. The molecular formula is C12H16N2O2. The number of hydrogen-bond acceptors (Lipinski definition) is 3. The number of nitrogens with one attached hydrogen (secondary N) is 1. The van der Waals surface area contributed by atoms with Crippen molar-refractivity contribution >= 4 is 5.91 Å². The zero-order chi connectivity index (χ0) is 11.4. The summed E-state index contributed by atoms with van der Waals surface area (Å²) in [5.41, 5.74) is 2.09. The fourth-order valence-electron chi connectivity index (χ4n) is 1.83. The molecule has 86 valence electrons. The summed E-state index contributed by atoms with van der Waals surface area (Å²) in [7, 11) is 0. The molecule has 1 heterocycles. The molecule has 1 aromatic rings. The van der Waals surface area contributed by atoms with E-state index in [-0.39, 0.29) is 12.5 Å². The lowest BCUT2D eigenvalue weighted by atomic mass is 10.1. The first-order valence-electron chi connectivity index (χ1n) is 5.45. The van der Waals surface area contributed by atoms with Crippen LogP contribution in [0.25, 0.3) is 0 Å². The largest absolute Gasteiger partial charge is 0.392 e. The molecule has 4 nitrogen and oxygen atoms in total. The van der Waals surface area contributed by atoms with Gasteiger partial charge in [-0.3, -0.25) is 9.69 Å². The van der Waals surface area contributed by atoms with Crippen LogP contribution in [-0.4, -0.2) is 35.5 Å². The molecule has 1 fully saturated rings. The van der Waals surface area contributed by atoms with Crippen LogP contribution in [0.1, 0.15) is 11.1 Å². The lowest BCUT2D eigenvalue weighted by molar-refractivity contribution is -0.124. The van der Waals surface area contributed by atoms with Crippen molar-refractivity contribution in [2.45, 2.75) is 13.2 Å². The van der Waals surface area contributed by atoms with Crippen LogP contribution in [0.3, 0.4) is 0 Å². The average molecular weight is 220 g/mol. The summed E-state index contributed by atoms with van der Waals surface area (Å²) in [5.74, 6) is 0.0956. The van der Waals surface area contributed by atoms with Gasteiger partial charge in [-0.2, -0.15) is 0 Å². The number of aliphatic hydroxyl groups excluding tert-OH is 1. The maximum Gasteiger partial charge on any atom is 0.234 e. The van der Waals surface area contributed by atoms with E-state index < -0.39 is 0 Å². The van der Waals surface area contributed by atoms with E-state index in [0.29, 0.717) is 6.54 Å². The second-order valence-electron chi connectivity index (χ2n) is 4.04. The van der Waals surface area contributed by atoms with Crippen LogP contribution in [0.5, 0.6) is 0 Å². The van der Waals surface area contributed by atoms with Crippen LogP contribution in [0.2, 0.25) is 0 Å².